The van der Waals surface area contributed by atoms with Crippen molar-refractivity contribution in [2.75, 3.05) is 0 Å². The van der Waals surface area contributed by atoms with Gasteiger partial charge >= 0.3 is 11.9 Å². The van der Waals surface area contributed by atoms with E-state index in [1.807, 2.05) is 0 Å². The molecule has 1 fully saturated rings. The second-order valence-electron chi connectivity index (χ2n) is 11.4. The van der Waals surface area contributed by atoms with Crippen molar-refractivity contribution in [3.8, 4) is 5.75 Å². The number of phenols is 1. The number of aliphatic hydroxyl groups is 2. The van der Waals surface area contributed by atoms with Gasteiger partial charge in [0.1, 0.15) is 48.1 Å². The molecule has 1 aromatic carbocycles. The number of aliphatic hydroxyl groups excluding tert-OH is 2. The number of carbonyl (C=O) groups excluding carboxylic acids is 7. The van der Waals surface area contributed by atoms with Gasteiger partial charge in [0.05, 0.1) is 25.0 Å². The summed E-state index contributed by atoms with van der Waals surface area (Å²) in [6, 6.07) is -5.32. The number of carboxylic acids is 1. The van der Waals surface area contributed by atoms with E-state index < -0.39 is 115 Å². The van der Waals surface area contributed by atoms with Crippen LogP contribution in [0.2, 0.25) is 0 Å². The summed E-state index contributed by atoms with van der Waals surface area (Å²) in [7, 11) is 0. The third-order valence-corrected chi connectivity index (χ3v) is 7.26. The van der Waals surface area contributed by atoms with Gasteiger partial charge in [-0.2, -0.15) is 0 Å². The monoisotopic (exact) mass is 695 g/mol. The summed E-state index contributed by atoms with van der Waals surface area (Å²) in [5.41, 5.74) is 11.5. The lowest BCUT2D eigenvalue weighted by molar-refractivity contribution is -0.157. The van der Waals surface area contributed by atoms with E-state index in [0.29, 0.717) is 5.56 Å². The highest BCUT2D eigenvalue weighted by Gasteiger charge is 2.38. The molecule has 9 atom stereocenters. The van der Waals surface area contributed by atoms with Gasteiger partial charge in [0.15, 0.2) is 0 Å². The van der Waals surface area contributed by atoms with Crippen LogP contribution in [0.15, 0.2) is 24.3 Å². The minimum Gasteiger partial charge on any atom is -0.508 e. The number of carbonyl (C=O) groups is 8. The quantitative estimate of drug-likeness (QED) is 0.113. The molecule has 0 radical (unpaired) electrons. The lowest BCUT2D eigenvalue weighted by Gasteiger charge is -2.28. The summed E-state index contributed by atoms with van der Waals surface area (Å²) in [6.45, 7) is 3.34. The summed E-state index contributed by atoms with van der Waals surface area (Å²) in [5, 5.41) is 50.6. The van der Waals surface area contributed by atoms with Crippen molar-refractivity contribution in [2.45, 2.75) is 94.6 Å². The number of hydrogen-bond donors (Lipinski definition) is 11. The Balaban J connectivity index is 2.65. The minimum atomic E-state index is -1.92. The Morgan fingerprint density at radius 1 is 0.755 bits per heavy atom. The Hall–Kier alpha value is -5.34. The van der Waals surface area contributed by atoms with E-state index in [-0.39, 0.29) is 12.2 Å². The number of cyclic esters (lactones) is 1. The van der Waals surface area contributed by atoms with Crippen LogP contribution in [-0.2, 0) is 49.5 Å². The van der Waals surface area contributed by atoms with E-state index in [1.165, 1.54) is 24.3 Å². The zero-order valence-electron chi connectivity index (χ0n) is 26.7. The molecule has 0 aliphatic carbocycles. The fraction of sp³-hybridized carbons (Fsp3) is 0.517. The Kier molecular flexibility index (Phi) is 14.4. The van der Waals surface area contributed by atoms with Crippen molar-refractivity contribution >= 4 is 47.4 Å². The summed E-state index contributed by atoms with van der Waals surface area (Å²) < 4.78 is 5.13. The van der Waals surface area contributed by atoms with Crippen LogP contribution in [0.25, 0.3) is 0 Å². The molecule has 2 unspecified atom stereocenters. The molecule has 13 N–H and O–H groups in total. The number of ether oxygens (including phenoxy) is 1. The molecule has 1 aromatic rings. The molecule has 0 aromatic heterocycles. The van der Waals surface area contributed by atoms with Gasteiger partial charge in [-0.25, -0.2) is 4.79 Å². The van der Waals surface area contributed by atoms with Crippen molar-refractivity contribution in [3.05, 3.63) is 29.8 Å². The number of hydrogen-bond acceptors (Lipinski definition) is 13. The van der Waals surface area contributed by atoms with E-state index in [0.717, 1.165) is 20.8 Å². The van der Waals surface area contributed by atoms with E-state index in [4.69, 9.17) is 16.2 Å². The molecule has 20 nitrogen and oxygen atoms in total. The highest BCUT2D eigenvalue weighted by atomic mass is 16.5. The van der Waals surface area contributed by atoms with Crippen LogP contribution >= 0.6 is 0 Å². The topological polar surface area (TPSA) is 339 Å². The van der Waals surface area contributed by atoms with Gasteiger partial charge in [0.25, 0.3) is 0 Å². The maximum Gasteiger partial charge on any atom is 0.329 e. The van der Waals surface area contributed by atoms with Gasteiger partial charge in [-0.3, -0.25) is 33.6 Å². The lowest BCUT2D eigenvalue weighted by atomic mass is 10.0. The number of phenolic OH excluding ortho intramolecular Hbond substituents is 1. The van der Waals surface area contributed by atoms with Gasteiger partial charge in [-0.1, -0.05) is 12.1 Å². The molecule has 270 valence electrons. The Labute approximate surface area is 279 Å². The summed E-state index contributed by atoms with van der Waals surface area (Å²) in [5.74, 6) is -9.96. The number of nitrogens with two attached hydrogens (primary N) is 2. The van der Waals surface area contributed by atoms with Crippen molar-refractivity contribution in [1.82, 2.24) is 26.6 Å². The van der Waals surface area contributed by atoms with Gasteiger partial charge in [-0.15, -0.1) is 0 Å². The van der Waals surface area contributed by atoms with Crippen LogP contribution < -0.4 is 38.1 Å². The Morgan fingerprint density at radius 2 is 1.22 bits per heavy atom. The maximum atomic E-state index is 13.6. The summed E-state index contributed by atoms with van der Waals surface area (Å²) in [4.78, 5) is 103. The smallest absolute Gasteiger partial charge is 0.329 e. The van der Waals surface area contributed by atoms with Crippen LogP contribution in [0.1, 0.15) is 39.2 Å². The number of primary amides is 1. The van der Waals surface area contributed by atoms with E-state index in [2.05, 4.69) is 26.6 Å². The van der Waals surface area contributed by atoms with E-state index >= 15 is 0 Å². The van der Waals surface area contributed by atoms with Crippen LogP contribution in [0.3, 0.4) is 0 Å². The van der Waals surface area contributed by atoms with Crippen molar-refractivity contribution in [3.63, 3.8) is 0 Å². The molecule has 1 aliphatic rings. The highest BCUT2D eigenvalue weighted by molar-refractivity contribution is 5.98. The van der Waals surface area contributed by atoms with Gasteiger partial charge in [0, 0.05) is 6.42 Å². The van der Waals surface area contributed by atoms with Crippen molar-refractivity contribution in [1.29, 1.82) is 0 Å². The fourth-order valence-corrected chi connectivity index (χ4v) is 4.52. The van der Waals surface area contributed by atoms with Crippen LogP contribution in [0, 0.1) is 0 Å². The number of aromatic hydroxyl groups is 1. The largest absolute Gasteiger partial charge is 0.508 e. The second-order valence-corrected chi connectivity index (χ2v) is 11.4. The van der Waals surface area contributed by atoms with Crippen LogP contribution in [0.4, 0.5) is 0 Å². The third kappa shape index (κ3) is 12.0. The average Bonchev–Trinajstić information content (AvgIpc) is 3.00. The number of aliphatic carboxylic acids is 1. The van der Waals surface area contributed by atoms with Gasteiger partial charge < -0.3 is 63.2 Å². The first-order chi connectivity index (χ1) is 22.8. The molecule has 49 heavy (non-hydrogen) atoms. The molecule has 0 saturated carbocycles. The molecule has 6 amide bonds. The molecule has 20 heteroatoms. The van der Waals surface area contributed by atoms with E-state index in [1.54, 1.807) is 0 Å². The predicted molar refractivity (Wildman–Crippen MR) is 164 cm³/mol. The number of benzene rings is 1. The minimum absolute atomic E-state index is 0.127. The first-order valence-electron chi connectivity index (χ1n) is 14.9. The van der Waals surface area contributed by atoms with Gasteiger partial charge in [-0.05, 0) is 38.5 Å². The summed E-state index contributed by atoms with van der Waals surface area (Å²) >= 11 is 0. The van der Waals surface area contributed by atoms with Crippen molar-refractivity contribution in [2.24, 2.45) is 11.5 Å². The molecular weight excluding hydrogens is 654 g/mol. The molecule has 1 saturated heterocycles. The number of carboxylic acid groups (broad SMARTS) is 1. The fourth-order valence-electron chi connectivity index (χ4n) is 4.52. The number of rotatable bonds is 8. The highest BCUT2D eigenvalue weighted by Crippen LogP contribution is 2.13. The predicted octanol–water partition coefficient (Wildman–Crippen LogP) is -5.26. The lowest BCUT2D eigenvalue weighted by Crippen LogP contribution is -2.62. The number of esters is 1. The zero-order valence-corrected chi connectivity index (χ0v) is 26.7. The second kappa shape index (κ2) is 17.7. The molecule has 0 spiro atoms. The normalized spacial score (nSPS) is 27.7. The number of amides is 6. The average molecular weight is 696 g/mol. The Morgan fingerprint density at radius 3 is 1.71 bits per heavy atom. The standard InChI is InChI=1S/C29H41N7O13/c1-11(37)22-28(47)34-18(10-20(41)42)29(48)49-13(3)21(31)26(45)36-23(12(2)38)27(46)33-17(9-19(30)40)24(43)32-16(25(44)35-22)8-14-4-6-15(39)7-5-14/h4-7,11-13,16-18,21-23,37-39H,8-10,31H2,1-3H3,(H2,30,40)(H,32,43)(H,33,46)(H,34,47)(H,35,44)(H,36,45)(H,41,42)/t11-,12-,13-,16?,17+,18?,21+,22+,23+/m1/s1. The van der Waals surface area contributed by atoms with Crippen molar-refractivity contribution < 1.29 is 63.5 Å². The Bertz CT molecular complexity index is 1420. The van der Waals surface area contributed by atoms with Crippen LogP contribution in [0.5, 0.6) is 5.75 Å². The van der Waals surface area contributed by atoms with E-state index in [9.17, 15) is 58.8 Å². The molecular formula is C29H41N7O13. The first-order valence-corrected chi connectivity index (χ1v) is 14.9. The third-order valence-electron chi connectivity index (χ3n) is 7.26. The molecule has 1 heterocycles. The van der Waals surface area contributed by atoms with Gasteiger partial charge in [0.2, 0.25) is 35.4 Å². The summed E-state index contributed by atoms with van der Waals surface area (Å²) in [6.07, 6.45) is -6.98. The molecule has 1 aliphatic heterocycles. The SMILES string of the molecule is C[C@@H](O)[C@@H]1NC(=O)C(Cc2ccc(O)cc2)NC(=O)[C@H](CC(N)=O)NC(=O)[C@H]([C@@H](C)O)NC(=O)[C@@H](N)[C@@H](C)OC(=O)C(CC(=O)O)NC1=O. The van der Waals surface area contributed by atoms with Crippen LogP contribution in [-0.4, -0.2) is 122 Å². The molecule has 0 bridgehead atoms. The maximum absolute atomic E-state index is 13.6. The zero-order chi connectivity index (χ0) is 37.2. The number of nitrogens with one attached hydrogen (secondary N) is 5. The first kappa shape index (κ1) is 39.8. The molecule has 2 rings (SSSR count).